The zero-order valence-corrected chi connectivity index (χ0v) is 13.0. The normalized spacial score (nSPS) is 14.2. The number of benzene rings is 1. The van der Waals surface area contributed by atoms with E-state index in [2.05, 4.69) is 19.7 Å². The number of carbonyl (C=O) groups excluding carboxylic acids is 1. The molecule has 3 heterocycles. The maximum atomic E-state index is 12.5. The van der Waals surface area contributed by atoms with Crippen LogP contribution in [0.25, 0.3) is 11.0 Å². The third-order valence-corrected chi connectivity index (χ3v) is 4.43. The molecule has 0 unspecified atom stereocenters. The maximum Gasteiger partial charge on any atom is 0.223 e. The van der Waals surface area contributed by atoms with Crippen LogP contribution >= 0.6 is 0 Å². The molecule has 1 aromatic carbocycles. The largest absolute Gasteiger partial charge is 0.333 e. The van der Waals surface area contributed by atoms with E-state index in [4.69, 9.17) is 0 Å². The van der Waals surface area contributed by atoms with Crippen LogP contribution in [0.15, 0.2) is 30.6 Å². The van der Waals surface area contributed by atoms with Crippen molar-refractivity contribution in [2.45, 2.75) is 25.9 Å². The van der Waals surface area contributed by atoms with Gasteiger partial charge in [0.1, 0.15) is 12.2 Å². The van der Waals surface area contributed by atoms with Crippen LogP contribution in [-0.2, 0) is 31.4 Å². The fourth-order valence-electron chi connectivity index (χ4n) is 3.08. The molecule has 0 saturated heterocycles. The number of hydrogen-bond acceptors (Lipinski definition) is 4. The van der Waals surface area contributed by atoms with Gasteiger partial charge in [-0.05, 0) is 12.1 Å². The number of nitrogens with zero attached hydrogens (tertiary/aromatic N) is 6. The van der Waals surface area contributed by atoms with Gasteiger partial charge in [0.05, 0.1) is 17.6 Å². The third kappa shape index (κ3) is 2.48. The number of imidazole rings is 1. The molecule has 0 atom stereocenters. The Morgan fingerprint density at radius 1 is 1.26 bits per heavy atom. The molecule has 0 radical (unpaired) electrons. The molecule has 7 nitrogen and oxygen atoms in total. The lowest BCUT2D eigenvalue weighted by Crippen LogP contribution is -2.38. The Balaban J connectivity index is 1.44. The molecule has 3 aromatic rings. The Morgan fingerprint density at radius 3 is 3.00 bits per heavy atom. The van der Waals surface area contributed by atoms with Crippen LogP contribution in [-0.4, -0.2) is 41.7 Å². The first kappa shape index (κ1) is 13.9. The molecule has 118 valence electrons. The Kier molecular flexibility index (Phi) is 3.33. The molecule has 1 aliphatic rings. The molecule has 0 spiro atoms. The zero-order valence-electron chi connectivity index (χ0n) is 13.0. The Hall–Kier alpha value is -2.70. The molecule has 1 amide bonds. The van der Waals surface area contributed by atoms with Crippen LogP contribution in [0.4, 0.5) is 0 Å². The van der Waals surface area contributed by atoms with Gasteiger partial charge >= 0.3 is 0 Å². The summed E-state index contributed by atoms with van der Waals surface area (Å²) < 4.78 is 4.06. The topological polar surface area (TPSA) is 68.8 Å². The second-order valence-electron chi connectivity index (χ2n) is 5.83. The van der Waals surface area contributed by atoms with Gasteiger partial charge in [-0.15, -0.1) is 10.2 Å². The molecular formula is C16H18N6O. The maximum absolute atomic E-state index is 12.5. The van der Waals surface area contributed by atoms with Crippen molar-refractivity contribution in [3.8, 4) is 0 Å². The quantitative estimate of drug-likeness (QED) is 0.727. The second-order valence-corrected chi connectivity index (χ2v) is 5.83. The van der Waals surface area contributed by atoms with Crippen LogP contribution < -0.4 is 0 Å². The molecular weight excluding hydrogens is 292 g/mol. The number of aromatic nitrogens is 5. The standard InChI is InChI=1S/C16H18N6O/c1-20-13-5-3-2-4-12(13)18-14(20)6-7-16(23)21-8-9-22-11-17-19-15(22)10-21/h2-5,11H,6-10H2,1H3. The smallest absolute Gasteiger partial charge is 0.223 e. The van der Waals surface area contributed by atoms with E-state index in [1.807, 2.05) is 40.8 Å². The van der Waals surface area contributed by atoms with Gasteiger partial charge in [-0.1, -0.05) is 12.1 Å². The highest BCUT2D eigenvalue weighted by molar-refractivity contribution is 5.78. The fraction of sp³-hybridized carbons (Fsp3) is 0.375. The van der Waals surface area contributed by atoms with Crippen molar-refractivity contribution in [1.82, 2.24) is 29.2 Å². The van der Waals surface area contributed by atoms with E-state index in [9.17, 15) is 4.79 Å². The summed E-state index contributed by atoms with van der Waals surface area (Å²) in [5, 5.41) is 7.94. The minimum atomic E-state index is 0.145. The number of hydrogen-bond donors (Lipinski definition) is 0. The van der Waals surface area contributed by atoms with Gasteiger partial charge in [0.2, 0.25) is 5.91 Å². The molecule has 0 aliphatic carbocycles. The van der Waals surface area contributed by atoms with Gasteiger partial charge in [0.25, 0.3) is 0 Å². The summed E-state index contributed by atoms with van der Waals surface area (Å²) in [7, 11) is 2.00. The Labute approximate surface area is 133 Å². The first-order valence-electron chi connectivity index (χ1n) is 7.77. The van der Waals surface area contributed by atoms with Gasteiger partial charge in [-0.3, -0.25) is 4.79 Å². The van der Waals surface area contributed by atoms with E-state index in [-0.39, 0.29) is 5.91 Å². The lowest BCUT2D eigenvalue weighted by atomic mass is 10.2. The van der Waals surface area contributed by atoms with E-state index in [0.717, 1.165) is 29.2 Å². The number of para-hydroxylation sites is 2. The fourth-order valence-corrected chi connectivity index (χ4v) is 3.08. The second kappa shape index (κ2) is 5.49. The van der Waals surface area contributed by atoms with Crippen molar-refractivity contribution in [2.24, 2.45) is 7.05 Å². The van der Waals surface area contributed by atoms with Crippen LogP contribution in [0, 0.1) is 0 Å². The Morgan fingerprint density at radius 2 is 2.13 bits per heavy atom. The minimum absolute atomic E-state index is 0.145. The van der Waals surface area contributed by atoms with Gasteiger partial charge in [0, 0.05) is 33.0 Å². The van der Waals surface area contributed by atoms with E-state index >= 15 is 0 Å². The predicted octanol–water partition coefficient (Wildman–Crippen LogP) is 1.14. The van der Waals surface area contributed by atoms with Crippen molar-refractivity contribution in [2.75, 3.05) is 6.54 Å². The van der Waals surface area contributed by atoms with Gasteiger partial charge in [-0.25, -0.2) is 4.98 Å². The first-order chi connectivity index (χ1) is 11.2. The number of aryl methyl sites for hydroxylation is 2. The average molecular weight is 310 g/mol. The lowest BCUT2D eigenvalue weighted by Gasteiger charge is -2.27. The van der Waals surface area contributed by atoms with Crippen LogP contribution in [0.2, 0.25) is 0 Å². The minimum Gasteiger partial charge on any atom is -0.333 e. The van der Waals surface area contributed by atoms with Crippen molar-refractivity contribution in [1.29, 1.82) is 0 Å². The van der Waals surface area contributed by atoms with E-state index in [1.165, 1.54) is 0 Å². The van der Waals surface area contributed by atoms with Crippen molar-refractivity contribution < 1.29 is 4.79 Å². The number of amides is 1. The highest BCUT2D eigenvalue weighted by Crippen LogP contribution is 2.16. The van der Waals surface area contributed by atoms with Gasteiger partial charge in [0.15, 0.2) is 5.82 Å². The van der Waals surface area contributed by atoms with Crippen LogP contribution in [0.1, 0.15) is 18.1 Å². The summed E-state index contributed by atoms with van der Waals surface area (Å²) in [5.74, 6) is 1.94. The third-order valence-electron chi connectivity index (χ3n) is 4.43. The monoisotopic (exact) mass is 310 g/mol. The van der Waals surface area contributed by atoms with Gasteiger partial charge in [-0.2, -0.15) is 0 Å². The Bertz CT molecular complexity index is 864. The molecule has 2 aromatic heterocycles. The summed E-state index contributed by atoms with van der Waals surface area (Å²) in [4.78, 5) is 18.9. The molecule has 7 heteroatoms. The molecule has 4 rings (SSSR count). The van der Waals surface area contributed by atoms with Crippen molar-refractivity contribution >= 4 is 16.9 Å². The number of rotatable bonds is 3. The summed E-state index contributed by atoms with van der Waals surface area (Å²) in [6.07, 6.45) is 2.83. The van der Waals surface area contributed by atoms with E-state index in [1.54, 1.807) is 6.33 Å². The zero-order chi connectivity index (χ0) is 15.8. The number of carbonyl (C=O) groups is 1. The predicted molar refractivity (Wildman–Crippen MR) is 84.5 cm³/mol. The molecule has 1 aliphatic heterocycles. The molecule has 0 fully saturated rings. The molecule has 0 bridgehead atoms. The summed E-state index contributed by atoms with van der Waals surface area (Å²) >= 11 is 0. The van der Waals surface area contributed by atoms with Crippen LogP contribution in [0.5, 0.6) is 0 Å². The van der Waals surface area contributed by atoms with E-state index in [0.29, 0.717) is 25.9 Å². The summed E-state index contributed by atoms with van der Waals surface area (Å²) in [6, 6.07) is 8.03. The highest BCUT2D eigenvalue weighted by Gasteiger charge is 2.22. The number of fused-ring (bicyclic) bond motifs is 2. The SMILES string of the molecule is Cn1c(CCC(=O)N2CCn3cnnc3C2)nc2ccccc21. The molecule has 0 saturated carbocycles. The lowest BCUT2D eigenvalue weighted by molar-refractivity contribution is -0.132. The summed E-state index contributed by atoms with van der Waals surface area (Å²) in [6.45, 7) is 2.02. The van der Waals surface area contributed by atoms with E-state index < -0.39 is 0 Å². The molecule has 0 N–H and O–H groups in total. The van der Waals surface area contributed by atoms with Gasteiger partial charge < -0.3 is 14.0 Å². The average Bonchev–Trinajstić information content (AvgIpc) is 3.17. The van der Waals surface area contributed by atoms with Crippen LogP contribution in [0.3, 0.4) is 0 Å². The van der Waals surface area contributed by atoms with Crippen molar-refractivity contribution in [3.63, 3.8) is 0 Å². The van der Waals surface area contributed by atoms with Crippen molar-refractivity contribution in [3.05, 3.63) is 42.2 Å². The first-order valence-corrected chi connectivity index (χ1v) is 7.77. The highest BCUT2D eigenvalue weighted by atomic mass is 16.2. The summed E-state index contributed by atoms with van der Waals surface area (Å²) in [5.41, 5.74) is 2.07. The molecule has 23 heavy (non-hydrogen) atoms.